The Balaban J connectivity index is 1.54. The molecule has 2 N–H and O–H groups in total. The Hall–Kier alpha value is -4.62. The molecule has 0 radical (unpaired) electrons. The van der Waals surface area contributed by atoms with Crippen LogP contribution in [-0.2, 0) is 24.8 Å². The number of benzene rings is 4. The van der Waals surface area contributed by atoms with Crippen LogP contribution >= 0.6 is 0 Å². The lowest BCUT2D eigenvalue weighted by atomic mass is 10.2. The van der Waals surface area contributed by atoms with Gasteiger partial charge in [-0.1, -0.05) is 29.8 Å². The Labute approximate surface area is 243 Å². The van der Waals surface area contributed by atoms with E-state index in [-0.39, 0.29) is 32.6 Å². The highest BCUT2D eigenvalue weighted by atomic mass is 32.2. The molecule has 4 aromatic carbocycles. The smallest absolute Gasteiger partial charge is 0.264 e. The molecule has 1 amide bonds. The molecule has 0 aliphatic rings. The summed E-state index contributed by atoms with van der Waals surface area (Å²) in [6.07, 6.45) is 0. The number of hydrogen-bond donors (Lipinski definition) is 2. The minimum atomic E-state index is -4.32. The van der Waals surface area contributed by atoms with Crippen molar-refractivity contribution in [1.29, 1.82) is 0 Å². The minimum absolute atomic E-state index is 0.111. The zero-order chi connectivity index (χ0) is 30.5. The summed E-state index contributed by atoms with van der Waals surface area (Å²) in [5.74, 6) is -0.900. The molecular formula is C29H28FN3O7S2. The molecular weight excluding hydrogens is 585 g/mol. The van der Waals surface area contributed by atoms with E-state index >= 15 is 0 Å². The van der Waals surface area contributed by atoms with E-state index in [2.05, 4.69) is 10.0 Å². The zero-order valence-corrected chi connectivity index (χ0v) is 24.5. The van der Waals surface area contributed by atoms with E-state index in [0.717, 1.165) is 11.6 Å². The molecule has 0 spiro atoms. The standard InChI is InChI=1S/C29H28FN3O7S2/c1-20-8-13-24(14-9-20)42(37,38)33(27-7-5-4-6-25(27)30)19-29(34)31-21-10-15-23(16-11-21)41(35,36)32-26-18-22(39-2)12-17-28(26)40-3/h4-18,32H,19H2,1-3H3,(H,31,34). The molecule has 0 bridgehead atoms. The number of nitrogens with one attached hydrogen (secondary N) is 2. The fourth-order valence-corrected chi connectivity index (χ4v) is 6.43. The second kappa shape index (κ2) is 12.5. The number of amides is 1. The number of carbonyl (C=O) groups excluding carboxylic acids is 1. The largest absolute Gasteiger partial charge is 0.497 e. The number of sulfonamides is 2. The van der Waals surface area contributed by atoms with Crippen molar-refractivity contribution in [2.75, 3.05) is 35.1 Å². The molecule has 4 aromatic rings. The van der Waals surface area contributed by atoms with E-state index < -0.39 is 38.3 Å². The number of nitrogens with zero attached hydrogens (tertiary/aromatic N) is 1. The van der Waals surface area contributed by atoms with Crippen molar-refractivity contribution in [3.63, 3.8) is 0 Å². The van der Waals surface area contributed by atoms with Gasteiger partial charge < -0.3 is 14.8 Å². The zero-order valence-electron chi connectivity index (χ0n) is 22.9. The molecule has 0 heterocycles. The number of hydrogen-bond acceptors (Lipinski definition) is 7. The summed E-state index contributed by atoms with van der Waals surface area (Å²) in [4.78, 5) is 12.8. The van der Waals surface area contributed by atoms with Crippen LogP contribution in [0.15, 0.2) is 101 Å². The second-order valence-corrected chi connectivity index (χ2v) is 12.6. The number of para-hydroxylation sites is 1. The molecule has 0 saturated heterocycles. The van der Waals surface area contributed by atoms with Gasteiger partial charge in [0.2, 0.25) is 5.91 Å². The summed E-state index contributed by atoms with van der Waals surface area (Å²) < 4.78 is 81.1. The van der Waals surface area contributed by atoms with Gasteiger partial charge in [-0.05, 0) is 67.6 Å². The van der Waals surface area contributed by atoms with Crippen molar-refractivity contribution in [2.45, 2.75) is 16.7 Å². The van der Waals surface area contributed by atoms with Gasteiger partial charge in [-0.2, -0.15) is 0 Å². The van der Waals surface area contributed by atoms with Crippen LogP contribution < -0.4 is 23.8 Å². The van der Waals surface area contributed by atoms with Gasteiger partial charge >= 0.3 is 0 Å². The highest BCUT2D eigenvalue weighted by Gasteiger charge is 2.29. The van der Waals surface area contributed by atoms with Gasteiger partial charge in [-0.15, -0.1) is 0 Å². The average molecular weight is 614 g/mol. The maximum atomic E-state index is 14.7. The first-order valence-electron chi connectivity index (χ1n) is 12.4. The molecule has 0 aliphatic carbocycles. The molecule has 0 atom stereocenters. The number of carbonyl (C=O) groups is 1. The first-order chi connectivity index (χ1) is 19.9. The third kappa shape index (κ3) is 6.81. The normalized spacial score (nSPS) is 11.4. The number of halogens is 1. The van der Waals surface area contributed by atoms with Crippen molar-refractivity contribution in [1.82, 2.24) is 0 Å². The van der Waals surface area contributed by atoms with Crippen molar-refractivity contribution < 1.29 is 35.5 Å². The molecule has 10 nitrogen and oxygen atoms in total. The summed E-state index contributed by atoms with van der Waals surface area (Å²) in [6.45, 7) is 1.05. The van der Waals surface area contributed by atoms with Crippen LogP contribution in [0.5, 0.6) is 11.5 Å². The average Bonchev–Trinajstić information content (AvgIpc) is 2.96. The predicted molar refractivity (Wildman–Crippen MR) is 158 cm³/mol. The number of aryl methyl sites for hydroxylation is 1. The first-order valence-corrected chi connectivity index (χ1v) is 15.4. The topological polar surface area (TPSA) is 131 Å². The monoisotopic (exact) mass is 613 g/mol. The molecule has 4 rings (SSSR count). The van der Waals surface area contributed by atoms with Crippen LogP contribution in [0, 0.1) is 12.7 Å². The number of anilines is 3. The van der Waals surface area contributed by atoms with E-state index in [0.29, 0.717) is 10.1 Å². The van der Waals surface area contributed by atoms with E-state index in [9.17, 15) is 26.0 Å². The van der Waals surface area contributed by atoms with E-state index in [4.69, 9.17) is 9.47 Å². The molecule has 0 aliphatic heterocycles. The number of methoxy groups -OCH3 is 2. The van der Waals surface area contributed by atoms with Crippen molar-refractivity contribution in [3.8, 4) is 11.5 Å². The van der Waals surface area contributed by atoms with Crippen LogP contribution in [-0.4, -0.2) is 43.5 Å². The van der Waals surface area contributed by atoms with Gasteiger partial charge in [0.05, 0.1) is 35.4 Å². The Morgan fingerprint density at radius 3 is 2.10 bits per heavy atom. The van der Waals surface area contributed by atoms with Gasteiger partial charge in [0, 0.05) is 11.8 Å². The van der Waals surface area contributed by atoms with Crippen molar-refractivity contribution >= 4 is 43.0 Å². The summed E-state index contributed by atoms with van der Waals surface area (Å²) in [5.41, 5.74) is 0.887. The van der Waals surface area contributed by atoms with Crippen LogP contribution in [0.2, 0.25) is 0 Å². The highest BCUT2D eigenvalue weighted by Crippen LogP contribution is 2.31. The summed E-state index contributed by atoms with van der Waals surface area (Å²) >= 11 is 0. The third-order valence-corrected chi connectivity index (χ3v) is 9.27. The molecule has 0 aromatic heterocycles. The predicted octanol–water partition coefficient (Wildman–Crippen LogP) is 4.79. The highest BCUT2D eigenvalue weighted by molar-refractivity contribution is 7.93. The van der Waals surface area contributed by atoms with Crippen LogP contribution in [0.1, 0.15) is 5.56 Å². The van der Waals surface area contributed by atoms with Gasteiger partial charge in [0.25, 0.3) is 20.0 Å². The quantitative estimate of drug-likeness (QED) is 0.249. The Bertz CT molecular complexity index is 1800. The molecule has 0 unspecified atom stereocenters. The van der Waals surface area contributed by atoms with Crippen LogP contribution in [0.25, 0.3) is 0 Å². The van der Waals surface area contributed by atoms with Gasteiger partial charge in [0.15, 0.2) is 0 Å². The maximum Gasteiger partial charge on any atom is 0.264 e. The maximum absolute atomic E-state index is 14.7. The number of rotatable bonds is 11. The molecule has 0 saturated carbocycles. The number of ether oxygens (including phenoxy) is 2. The Morgan fingerprint density at radius 2 is 1.48 bits per heavy atom. The Morgan fingerprint density at radius 1 is 0.833 bits per heavy atom. The van der Waals surface area contributed by atoms with Gasteiger partial charge in [0.1, 0.15) is 23.9 Å². The van der Waals surface area contributed by atoms with E-state index in [1.807, 2.05) is 0 Å². The summed E-state index contributed by atoms with van der Waals surface area (Å²) in [5, 5.41) is 2.54. The molecule has 42 heavy (non-hydrogen) atoms. The minimum Gasteiger partial charge on any atom is -0.497 e. The summed E-state index contributed by atoms with van der Waals surface area (Å²) in [6, 6.07) is 21.0. The van der Waals surface area contributed by atoms with E-state index in [1.165, 1.54) is 74.9 Å². The van der Waals surface area contributed by atoms with Crippen molar-refractivity contribution in [2.24, 2.45) is 0 Å². The second-order valence-electron chi connectivity index (χ2n) is 9.02. The molecule has 220 valence electrons. The molecule has 0 fully saturated rings. The van der Waals surface area contributed by atoms with Crippen LogP contribution in [0.3, 0.4) is 0 Å². The van der Waals surface area contributed by atoms with Gasteiger partial charge in [-0.25, -0.2) is 21.2 Å². The fourth-order valence-electron chi connectivity index (χ4n) is 3.94. The summed E-state index contributed by atoms with van der Waals surface area (Å²) in [7, 11) is -5.53. The molecule has 13 heteroatoms. The van der Waals surface area contributed by atoms with E-state index in [1.54, 1.807) is 31.2 Å². The lowest BCUT2D eigenvalue weighted by Crippen LogP contribution is -2.38. The first kappa shape index (κ1) is 30.3. The third-order valence-electron chi connectivity index (χ3n) is 6.12. The lowest BCUT2D eigenvalue weighted by molar-refractivity contribution is -0.114. The lowest BCUT2D eigenvalue weighted by Gasteiger charge is -2.24. The van der Waals surface area contributed by atoms with Crippen LogP contribution in [0.4, 0.5) is 21.5 Å². The van der Waals surface area contributed by atoms with Crippen molar-refractivity contribution in [3.05, 3.63) is 102 Å². The fraction of sp³-hybridized carbons (Fsp3) is 0.138. The van der Waals surface area contributed by atoms with Gasteiger partial charge in [-0.3, -0.25) is 13.8 Å². The Kier molecular flexibility index (Phi) is 9.02. The SMILES string of the molecule is COc1ccc(OC)c(NS(=O)(=O)c2ccc(NC(=O)CN(c3ccccc3F)S(=O)(=O)c3ccc(C)cc3)cc2)c1.